The second-order valence-electron chi connectivity index (χ2n) is 5.77. The fourth-order valence-electron chi connectivity index (χ4n) is 2.88. The van der Waals surface area contributed by atoms with Crippen molar-refractivity contribution in [3.63, 3.8) is 0 Å². The lowest BCUT2D eigenvalue weighted by molar-refractivity contribution is -0.145. The van der Waals surface area contributed by atoms with E-state index in [-0.39, 0.29) is 11.7 Å². The maximum Gasteiger partial charge on any atom is 0.314 e. The van der Waals surface area contributed by atoms with Crippen LogP contribution in [0, 0.1) is 12.7 Å². The molecule has 126 valence electrons. The summed E-state index contributed by atoms with van der Waals surface area (Å²) in [5.41, 5.74) is 0.440. The summed E-state index contributed by atoms with van der Waals surface area (Å²) in [5, 5.41) is 5.08. The number of benzene rings is 1. The fourth-order valence-corrected chi connectivity index (χ4v) is 3.67. The highest BCUT2D eigenvalue weighted by atomic mass is 32.1. The fraction of sp³-hybridized carbons (Fsp3) is 0.353. The molecule has 1 aliphatic heterocycles. The molecule has 0 bridgehead atoms. The molecule has 1 N–H and O–H groups in total. The normalized spacial score (nSPS) is 17.6. The highest BCUT2D eigenvalue weighted by Gasteiger charge is 2.33. The third-order valence-electron chi connectivity index (χ3n) is 4.13. The minimum Gasteiger partial charge on any atom is -0.325 e. The Morgan fingerprint density at radius 1 is 1.38 bits per heavy atom. The van der Waals surface area contributed by atoms with Gasteiger partial charge in [-0.3, -0.25) is 9.59 Å². The lowest BCUT2D eigenvalue weighted by Gasteiger charge is -2.33. The van der Waals surface area contributed by atoms with E-state index in [1.54, 1.807) is 30.2 Å². The molecule has 1 atom stereocenters. The smallest absolute Gasteiger partial charge is 0.314 e. The number of aryl methyl sites for hydroxylation is 1. The molecule has 0 unspecified atom stereocenters. The van der Waals surface area contributed by atoms with E-state index < -0.39 is 17.6 Å². The zero-order valence-corrected chi connectivity index (χ0v) is 14.1. The standard InChI is InChI=1S/C17H18FN3O2S/c1-11-5-4-6-12(14(11)18)20-15(22)17(23)21-9-3-2-7-13(21)16-19-8-10-24-16/h4-6,8,10,13H,2-3,7,9H2,1H3,(H,20,22)/t13-/m0/s1. The molecule has 2 amide bonds. The van der Waals surface area contributed by atoms with Crippen LogP contribution in [0.25, 0.3) is 0 Å². The van der Waals surface area contributed by atoms with Crippen molar-refractivity contribution in [3.05, 3.63) is 46.2 Å². The number of rotatable bonds is 2. The summed E-state index contributed by atoms with van der Waals surface area (Å²) in [6.45, 7) is 2.11. The van der Waals surface area contributed by atoms with Crippen LogP contribution in [0.5, 0.6) is 0 Å². The van der Waals surface area contributed by atoms with E-state index in [1.807, 2.05) is 5.38 Å². The van der Waals surface area contributed by atoms with Crippen molar-refractivity contribution in [1.29, 1.82) is 0 Å². The Morgan fingerprint density at radius 2 is 2.21 bits per heavy atom. The van der Waals surface area contributed by atoms with Crippen LogP contribution in [-0.4, -0.2) is 28.2 Å². The molecule has 5 nitrogen and oxygen atoms in total. The van der Waals surface area contributed by atoms with Gasteiger partial charge in [-0.05, 0) is 37.8 Å². The van der Waals surface area contributed by atoms with Crippen molar-refractivity contribution in [2.24, 2.45) is 0 Å². The molecule has 2 aromatic rings. The number of hydrogen-bond donors (Lipinski definition) is 1. The number of anilines is 1. The average molecular weight is 347 g/mol. The summed E-state index contributed by atoms with van der Waals surface area (Å²) in [4.78, 5) is 30.7. The first-order valence-electron chi connectivity index (χ1n) is 7.84. The Kier molecular flexibility index (Phi) is 4.89. The number of amides is 2. The van der Waals surface area contributed by atoms with Gasteiger partial charge in [-0.25, -0.2) is 9.37 Å². The molecule has 1 aliphatic rings. The number of hydrogen-bond acceptors (Lipinski definition) is 4. The van der Waals surface area contributed by atoms with Crippen molar-refractivity contribution >= 4 is 28.8 Å². The first kappa shape index (κ1) is 16.6. The Bertz CT molecular complexity index is 748. The Hall–Kier alpha value is -2.28. The summed E-state index contributed by atoms with van der Waals surface area (Å²) >= 11 is 1.47. The molecule has 1 fully saturated rings. The van der Waals surface area contributed by atoms with Gasteiger partial charge in [0.15, 0.2) is 0 Å². The molecule has 0 radical (unpaired) electrons. The van der Waals surface area contributed by atoms with Gasteiger partial charge >= 0.3 is 11.8 Å². The number of piperidine rings is 1. The lowest BCUT2D eigenvalue weighted by Crippen LogP contribution is -2.44. The van der Waals surface area contributed by atoms with Gasteiger partial charge in [0, 0.05) is 18.1 Å². The second kappa shape index (κ2) is 7.09. The molecular weight excluding hydrogens is 329 g/mol. The van der Waals surface area contributed by atoms with Crippen LogP contribution in [0.1, 0.15) is 35.9 Å². The summed E-state index contributed by atoms with van der Waals surface area (Å²) < 4.78 is 14.0. The summed E-state index contributed by atoms with van der Waals surface area (Å²) in [7, 11) is 0. The van der Waals surface area contributed by atoms with Crippen LogP contribution >= 0.6 is 11.3 Å². The maximum absolute atomic E-state index is 14.0. The van der Waals surface area contributed by atoms with E-state index in [1.165, 1.54) is 17.4 Å². The van der Waals surface area contributed by atoms with Crippen molar-refractivity contribution in [2.75, 3.05) is 11.9 Å². The van der Waals surface area contributed by atoms with Gasteiger partial charge in [0.05, 0.1) is 11.7 Å². The van der Waals surface area contributed by atoms with Gasteiger partial charge < -0.3 is 10.2 Å². The van der Waals surface area contributed by atoms with Gasteiger partial charge in [-0.1, -0.05) is 12.1 Å². The number of carbonyl (C=O) groups excluding carboxylic acids is 2. The molecule has 24 heavy (non-hydrogen) atoms. The number of halogens is 1. The molecule has 0 spiro atoms. The van der Waals surface area contributed by atoms with Crippen LogP contribution in [-0.2, 0) is 9.59 Å². The number of carbonyl (C=O) groups is 2. The highest BCUT2D eigenvalue weighted by Crippen LogP contribution is 2.32. The molecule has 2 heterocycles. The molecule has 1 aromatic heterocycles. The first-order valence-corrected chi connectivity index (χ1v) is 8.72. The predicted molar refractivity (Wildman–Crippen MR) is 90.2 cm³/mol. The van der Waals surface area contributed by atoms with Gasteiger partial charge in [0.1, 0.15) is 10.8 Å². The van der Waals surface area contributed by atoms with E-state index in [0.717, 1.165) is 24.3 Å². The third-order valence-corrected chi connectivity index (χ3v) is 5.01. The van der Waals surface area contributed by atoms with Crippen molar-refractivity contribution in [2.45, 2.75) is 32.2 Å². The topological polar surface area (TPSA) is 62.3 Å². The quantitative estimate of drug-likeness (QED) is 0.848. The van der Waals surface area contributed by atoms with E-state index in [0.29, 0.717) is 12.1 Å². The van der Waals surface area contributed by atoms with Crippen molar-refractivity contribution in [3.8, 4) is 0 Å². The largest absolute Gasteiger partial charge is 0.325 e. The predicted octanol–water partition coefficient (Wildman–Crippen LogP) is 3.28. The Balaban J connectivity index is 1.76. The minimum absolute atomic E-state index is 0.0242. The summed E-state index contributed by atoms with van der Waals surface area (Å²) in [6.07, 6.45) is 4.31. The number of likely N-dealkylation sites (tertiary alicyclic amines) is 1. The van der Waals surface area contributed by atoms with Gasteiger partial charge in [0.2, 0.25) is 0 Å². The number of aromatic nitrogens is 1. The van der Waals surface area contributed by atoms with Crippen LogP contribution in [0.3, 0.4) is 0 Å². The number of thiazole rings is 1. The van der Waals surface area contributed by atoms with Crippen molar-refractivity contribution in [1.82, 2.24) is 9.88 Å². The number of nitrogens with one attached hydrogen (secondary N) is 1. The molecule has 7 heteroatoms. The van der Waals surface area contributed by atoms with E-state index in [2.05, 4.69) is 10.3 Å². The summed E-state index contributed by atoms with van der Waals surface area (Å²) in [6, 6.07) is 4.51. The van der Waals surface area contributed by atoms with Crippen LogP contribution in [0.15, 0.2) is 29.8 Å². The molecular formula is C17H18FN3O2S. The second-order valence-corrected chi connectivity index (χ2v) is 6.70. The Labute approximate surface area is 143 Å². The first-order chi connectivity index (χ1) is 11.6. The molecule has 0 saturated carbocycles. The average Bonchev–Trinajstić information content (AvgIpc) is 3.12. The maximum atomic E-state index is 14.0. The third kappa shape index (κ3) is 3.31. The zero-order valence-electron chi connectivity index (χ0n) is 13.3. The van der Waals surface area contributed by atoms with Crippen molar-refractivity contribution < 1.29 is 14.0 Å². The minimum atomic E-state index is -0.817. The van der Waals surface area contributed by atoms with Crippen LogP contribution < -0.4 is 5.32 Å². The van der Waals surface area contributed by atoms with Gasteiger partial charge in [-0.2, -0.15) is 0 Å². The molecule has 3 rings (SSSR count). The SMILES string of the molecule is Cc1cccc(NC(=O)C(=O)N2CCCC[C@H]2c2nccs2)c1F. The van der Waals surface area contributed by atoms with Crippen LogP contribution in [0.2, 0.25) is 0 Å². The zero-order chi connectivity index (χ0) is 17.1. The lowest BCUT2D eigenvalue weighted by atomic mass is 10.0. The van der Waals surface area contributed by atoms with Gasteiger partial charge in [0.25, 0.3) is 0 Å². The van der Waals surface area contributed by atoms with Crippen LogP contribution in [0.4, 0.5) is 10.1 Å². The van der Waals surface area contributed by atoms with E-state index in [4.69, 9.17) is 0 Å². The van der Waals surface area contributed by atoms with E-state index >= 15 is 0 Å². The molecule has 1 aromatic carbocycles. The molecule has 0 aliphatic carbocycles. The number of nitrogens with zero attached hydrogens (tertiary/aromatic N) is 2. The summed E-state index contributed by atoms with van der Waals surface area (Å²) in [5.74, 6) is -1.98. The van der Waals surface area contributed by atoms with E-state index in [9.17, 15) is 14.0 Å². The Morgan fingerprint density at radius 3 is 2.96 bits per heavy atom. The molecule has 1 saturated heterocycles. The monoisotopic (exact) mass is 347 g/mol. The van der Waals surface area contributed by atoms with Gasteiger partial charge in [-0.15, -0.1) is 11.3 Å². The highest BCUT2D eigenvalue weighted by molar-refractivity contribution is 7.09.